The Labute approximate surface area is 287 Å². The van der Waals surface area contributed by atoms with E-state index in [1.54, 1.807) is 0 Å². The molecule has 0 aromatic carbocycles. The lowest BCUT2D eigenvalue weighted by molar-refractivity contribution is -0.280. The molecule has 3 heterocycles. The Hall–Kier alpha value is -1.12. The van der Waals surface area contributed by atoms with Crippen LogP contribution in [0.1, 0.15) is 27.0 Å². The monoisotopic (exact) mass is 827 g/mol. The lowest BCUT2D eigenvalue weighted by Crippen LogP contribution is -2.58. The average molecular weight is 827 g/mol. The van der Waals surface area contributed by atoms with Gasteiger partial charge in [0.15, 0.2) is 12.5 Å². The molecule has 0 amide bonds. The fourth-order valence-electron chi connectivity index (χ4n) is 4.31. The number of hydrogen-bond donors (Lipinski definition) is 11. The van der Waals surface area contributed by atoms with Crippen molar-refractivity contribution in [3.8, 4) is 0 Å². The molecule has 0 radical (unpaired) electrons. The van der Waals surface area contributed by atoms with Gasteiger partial charge in [-0.2, -0.15) is 12.9 Å². The normalized spacial score (nSPS) is 32.9. The van der Waals surface area contributed by atoms with Crippen molar-refractivity contribution in [3.05, 3.63) is 33.1 Å². The molecular weight excluding hydrogens is 786 g/mol. The Morgan fingerprint density at radius 2 is 1.25 bits per heavy atom. The van der Waals surface area contributed by atoms with E-state index in [0.29, 0.717) is 4.57 Å². The highest BCUT2D eigenvalue weighted by Gasteiger charge is 2.51. The highest BCUT2D eigenvalue weighted by Crippen LogP contribution is 2.71. The summed E-state index contributed by atoms with van der Waals surface area (Å²) in [5.41, 5.74) is -1.89. The molecule has 4 unspecified atom stereocenters. The van der Waals surface area contributed by atoms with Gasteiger partial charge >= 0.3 is 37.0 Å². The molecule has 2 fully saturated rings. The van der Waals surface area contributed by atoms with E-state index < -0.39 is 111 Å². The van der Waals surface area contributed by atoms with E-state index in [1.165, 1.54) is 19.6 Å². The molecule has 1 aromatic heterocycles. The molecule has 0 bridgehead atoms. The Morgan fingerprint density at radius 3 is 1.75 bits per heavy atom. The highest BCUT2D eigenvalue weighted by molar-refractivity contribution is 7.69. The summed E-state index contributed by atoms with van der Waals surface area (Å²) < 4.78 is 78.7. The SMILES string of the molecule is CCN(CC)CC.O=c1ccn([C@@H]2O[C@H](COP(=O)(O)OP(=O)(O)OP(=O)(O)OP(=O)(O)O[C@H]3O[C@H](CO)[C@@H](O)[C@H](O)[C@@H]3O)[C@@H](O)[C@H]2O)c(=O)[nH]1. The van der Waals surface area contributed by atoms with Crippen molar-refractivity contribution in [2.24, 2.45) is 0 Å². The maximum atomic E-state index is 12.2. The summed E-state index contributed by atoms with van der Waals surface area (Å²) in [4.78, 5) is 66.1. The summed E-state index contributed by atoms with van der Waals surface area (Å²) in [6.45, 7) is 7.89. The van der Waals surface area contributed by atoms with Crippen LogP contribution in [0.4, 0.5) is 0 Å². The minimum Gasteiger partial charge on any atom is -0.394 e. The summed E-state index contributed by atoms with van der Waals surface area (Å²) in [6, 6.07) is 0.864. The lowest BCUT2D eigenvalue weighted by Gasteiger charge is -2.39. The molecule has 26 nitrogen and oxygen atoms in total. The van der Waals surface area contributed by atoms with Gasteiger partial charge in [-0.1, -0.05) is 20.8 Å². The first-order chi connectivity index (χ1) is 23.4. The van der Waals surface area contributed by atoms with Crippen molar-refractivity contribution in [1.29, 1.82) is 0 Å². The number of phosphoric ester groups is 2. The molecule has 51 heavy (non-hydrogen) atoms. The number of aromatic nitrogens is 2. The molecule has 11 N–H and O–H groups in total. The molecule has 2 aliphatic rings. The molecule has 13 atom stereocenters. The first-order valence-corrected chi connectivity index (χ1v) is 20.5. The number of aromatic amines is 1. The van der Waals surface area contributed by atoms with E-state index in [9.17, 15) is 73.0 Å². The minimum absolute atomic E-state index is 0.639. The Balaban J connectivity index is 0.00000116. The van der Waals surface area contributed by atoms with Gasteiger partial charge < -0.3 is 64.6 Å². The van der Waals surface area contributed by atoms with Gasteiger partial charge in [0.1, 0.15) is 42.7 Å². The number of rotatable bonds is 16. The van der Waals surface area contributed by atoms with Crippen molar-refractivity contribution in [2.45, 2.75) is 76.0 Å². The molecule has 30 heteroatoms. The van der Waals surface area contributed by atoms with Gasteiger partial charge in [0, 0.05) is 12.3 Å². The number of phosphoric acid groups is 4. The molecule has 2 aliphatic heterocycles. The Kier molecular flexibility index (Phi) is 17.1. The van der Waals surface area contributed by atoms with Crippen LogP contribution in [-0.2, 0) is 49.7 Å². The van der Waals surface area contributed by atoms with E-state index in [4.69, 9.17) is 14.6 Å². The van der Waals surface area contributed by atoms with Crippen molar-refractivity contribution >= 4 is 31.3 Å². The number of aliphatic hydroxyl groups excluding tert-OH is 6. The average Bonchev–Trinajstić information content (AvgIpc) is 3.28. The van der Waals surface area contributed by atoms with Gasteiger partial charge in [-0.05, 0) is 19.6 Å². The standard InChI is InChI=1S/C15H26N2O23P4.C6H15N/c18-3-5-8(20)10(22)12(24)14(36-5)37-42(28,29)39-44(32,33)40-43(30,31)38-41(26,27)34-4-6-9(21)11(23)13(35-6)17-2-1-7(19)16-15(17)25;1-4-7(5-2)6-3/h1-2,5-6,8-14,18,20-24H,3-4H2,(H,26,27)(H,28,29)(H,30,31)(H,32,33)(H,16,19,25);4-6H2,1-3H3/t5-,6-,8-,9-,10+,11-,12+,13-,14-;/m1./s1. The van der Waals surface area contributed by atoms with E-state index in [-0.39, 0.29) is 0 Å². The zero-order valence-electron chi connectivity index (χ0n) is 26.8. The van der Waals surface area contributed by atoms with Crippen LogP contribution >= 0.6 is 31.3 Å². The summed E-state index contributed by atoms with van der Waals surface area (Å²) in [6.07, 6.45) is -16.8. The van der Waals surface area contributed by atoms with Gasteiger partial charge in [0.25, 0.3) is 5.56 Å². The summed E-state index contributed by atoms with van der Waals surface area (Å²) >= 11 is 0. The van der Waals surface area contributed by atoms with Gasteiger partial charge in [-0.3, -0.25) is 23.4 Å². The van der Waals surface area contributed by atoms with Gasteiger partial charge in [-0.25, -0.2) is 23.1 Å². The second kappa shape index (κ2) is 19.0. The number of nitrogens with zero attached hydrogens (tertiary/aromatic N) is 2. The highest BCUT2D eigenvalue weighted by atomic mass is 31.3. The predicted octanol–water partition coefficient (Wildman–Crippen LogP) is -3.21. The van der Waals surface area contributed by atoms with Gasteiger partial charge in [0.2, 0.25) is 0 Å². The zero-order chi connectivity index (χ0) is 39.1. The Morgan fingerprint density at radius 1 is 0.745 bits per heavy atom. The van der Waals surface area contributed by atoms with E-state index in [1.807, 2.05) is 4.98 Å². The second-order valence-corrected chi connectivity index (χ2v) is 16.6. The molecule has 298 valence electrons. The molecular formula is C21H41N3O23P4. The fourth-order valence-corrected chi connectivity index (χ4v) is 9.33. The van der Waals surface area contributed by atoms with Crippen molar-refractivity contribution < 1.29 is 99.9 Å². The van der Waals surface area contributed by atoms with Crippen LogP contribution in [0.2, 0.25) is 0 Å². The number of ether oxygens (including phenoxy) is 2. The first-order valence-electron chi connectivity index (χ1n) is 14.6. The van der Waals surface area contributed by atoms with Gasteiger partial charge in [-0.15, -0.1) is 0 Å². The van der Waals surface area contributed by atoms with E-state index in [2.05, 4.69) is 47.7 Å². The second-order valence-electron chi connectivity index (χ2n) is 10.4. The summed E-state index contributed by atoms with van der Waals surface area (Å²) in [5.74, 6) is 0. The third-order valence-corrected chi connectivity index (χ3v) is 12.8. The molecule has 0 saturated carbocycles. The van der Waals surface area contributed by atoms with E-state index in [0.717, 1.165) is 12.3 Å². The van der Waals surface area contributed by atoms with Crippen molar-refractivity contribution in [1.82, 2.24) is 14.5 Å². The molecule has 0 aliphatic carbocycles. The molecule has 3 rings (SSSR count). The molecule has 1 aromatic rings. The molecule has 2 saturated heterocycles. The largest absolute Gasteiger partial charge is 0.490 e. The predicted molar refractivity (Wildman–Crippen MR) is 164 cm³/mol. The quantitative estimate of drug-likeness (QED) is 0.0730. The maximum Gasteiger partial charge on any atom is 0.490 e. The number of H-pyrrole nitrogens is 1. The zero-order valence-corrected chi connectivity index (χ0v) is 30.4. The Bertz CT molecular complexity index is 1580. The maximum absolute atomic E-state index is 12.2. The van der Waals surface area contributed by atoms with Crippen LogP contribution in [0.3, 0.4) is 0 Å². The number of aliphatic hydroxyl groups is 6. The topological polar surface area (TPSA) is 393 Å². The molecule has 0 spiro atoms. The third-order valence-electron chi connectivity index (χ3n) is 6.91. The van der Waals surface area contributed by atoms with Crippen LogP contribution in [0, 0.1) is 0 Å². The van der Waals surface area contributed by atoms with Crippen molar-refractivity contribution in [3.63, 3.8) is 0 Å². The van der Waals surface area contributed by atoms with Crippen molar-refractivity contribution in [2.75, 3.05) is 32.8 Å². The summed E-state index contributed by atoms with van der Waals surface area (Å²) in [7, 11) is -24.3. The van der Waals surface area contributed by atoms with Crippen LogP contribution in [0.5, 0.6) is 0 Å². The van der Waals surface area contributed by atoms with Crippen LogP contribution < -0.4 is 11.2 Å². The first kappa shape index (κ1) is 46.0. The van der Waals surface area contributed by atoms with Crippen LogP contribution in [0.25, 0.3) is 0 Å². The van der Waals surface area contributed by atoms with Gasteiger partial charge in [0.05, 0.1) is 13.2 Å². The smallest absolute Gasteiger partial charge is 0.394 e. The third kappa shape index (κ3) is 13.6. The number of nitrogens with one attached hydrogen (secondary N) is 1. The van der Waals surface area contributed by atoms with E-state index >= 15 is 0 Å². The minimum atomic E-state index is -6.28. The van der Waals surface area contributed by atoms with Crippen LogP contribution in [0.15, 0.2) is 21.9 Å². The fraction of sp³-hybridized carbons (Fsp3) is 0.810. The van der Waals surface area contributed by atoms with Crippen LogP contribution in [-0.4, -0.2) is 147 Å². The summed E-state index contributed by atoms with van der Waals surface area (Å²) in [5, 5.41) is 58.5. The number of hydrogen-bond acceptors (Lipinski definition) is 20. The lowest BCUT2D eigenvalue weighted by atomic mass is 10.00.